The molecule has 0 radical (unpaired) electrons. The lowest BCUT2D eigenvalue weighted by atomic mass is 9.81. The molecule has 2 heterocycles. The number of hydrogen-bond acceptors (Lipinski definition) is 6. The van der Waals surface area contributed by atoms with Crippen molar-refractivity contribution in [1.29, 1.82) is 0 Å². The number of ketones is 1. The van der Waals surface area contributed by atoms with Crippen LogP contribution in [-0.4, -0.2) is 67.7 Å². The van der Waals surface area contributed by atoms with Gasteiger partial charge in [0.05, 0.1) is 24.8 Å². The first-order chi connectivity index (χ1) is 19.9. The largest absolute Gasteiger partial charge is 0.465 e. The quantitative estimate of drug-likeness (QED) is 0.257. The lowest BCUT2D eigenvalue weighted by Gasteiger charge is -2.48. The van der Waals surface area contributed by atoms with Gasteiger partial charge in [-0.15, -0.1) is 0 Å². The normalized spacial score (nSPS) is 25.4. The fourth-order valence-corrected chi connectivity index (χ4v) is 6.73. The van der Waals surface area contributed by atoms with Gasteiger partial charge in [-0.25, -0.2) is 9.18 Å². The smallest absolute Gasteiger partial charge is 0.416 e. The van der Waals surface area contributed by atoms with E-state index in [2.05, 4.69) is 16.7 Å². The van der Waals surface area contributed by atoms with Crippen molar-refractivity contribution in [2.24, 2.45) is 5.92 Å². The van der Waals surface area contributed by atoms with Crippen molar-refractivity contribution in [2.75, 3.05) is 38.3 Å². The molecule has 0 spiro atoms. The first-order valence-electron chi connectivity index (χ1n) is 14.3. The molecule has 3 atom stereocenters. The van der Waals surface area contributed by atoms with Crippen molar-refractivity contribution in [3.05, 3.63) is 63.9 Å². The molecule has 2 aromatic rings. The Labute approximate surface area is 247 Å². The highest BCUT2D eigenvalue weighted by Crippen LogP contribution is 2.48. The number of alkyl halides is 3. The second-order valence-corrected chi connectivity index (χ2v) is 12.1. The molecule has 11 heteroatoms. The number of ether oxygens (including phenoxy) is 2. The van der Waals surface area contributed by atoms with E-state index >= 15 is 0 Å². The van der Waals surface area contributed by atoms with Crippen LogP contribution in [0, 0.1) is 11.7 Å². The summed E-state index contributed by atoms with van der Waals surface area (Å²) in [5.41, 5.74) is -0.654. The van der Waals surface area contributed by atoms with Crippen molar-refractivity contribution >= 4 is 29.0 Å². The summed E-state index contributed by atoms with van der Waals surface area (Å²) in [5, 5.41) is -0.00130. The molecule has 2 aromatic carbocycles. The highest BCUT2D eigenvalue weighted by atomic mass is 35.5. The summed E-state index contributed by atoms with van der Waals surface area (Å²) < 4.78 is 65.0. The van der Waals surface area contributed by atoms with Crippen LogP contribution in [0.5, 0.6) is 0 Å². The second-order valence-electron chi connectivity index (χ2n) is 11.6. The van der Waals surface area contributed by atoms with E-state index < -0.39 is 29.1 Å². The Kier molecular flexibility index (Phi) is 8.88. The lowest BCUT2D eigenvalue weighted by molar-refractivity contribution is -0.163. The van der Waals surface area contributed by atoms with Gasteiger partial charge in [-0.2, -0.15) is 13.2 Å². The predicted octanol–water partition coefficient (Wildman–Crippen LogP) is 6.32. The number of rotatable bonds is 8. The number of piperazine rings is 1. The molecule has 3 aliphatic rings. The molecule has 0 unspecified atom stereocenters. The van der Waals surface area contributed by atoms with Crippen molar-refractivity contribution in [3.63, 3.8) is 0 Å². The van der Waals surface area contributed by atoms with Crippen molar-refractivity contribution in [1.82, 2.24) is 4.90 Å². The zero-order chi connectivity index (χ0) is 30.2. The van der Waals surface area contributed by atoms with Crippen LogP contribution in [0.4, 0.5) is 23.2 Å². The van der Waals surface area contributed by atoms with Crippen LogP contribution in [0.1, 0.15) is 60.5 Å². The number of Topliss-reactive ketones (excluding diaryl/α,β-unsaturated/α-hetero) is 1. The molecule has 0 aromatic heterocycles. The van der Waals surface area contributed by atoms with Gasteiger partial charge < -0.3 is 14.4 Å². The molecule has 0 bridgehead atoms. The Morgan fingerprint density at radius 2 is 1.88 bits per heavy atom. The molecule has 42 heavy (non-hydrogen) atoms. The molecular formula is C31H35ClF4N2O4. The van der Waals surface area contributed by atoms with Gasteiger partial charge in [0.25, 0.3) is 0 Å². The van der Waals surface area contributed by atoms with E-state index in [1.165, 1.54) is 25.3 Å². The fraction of sp³-hybridized carbons (Fsp3) is 0.548. The molecule has 2 aliphatic heterocycles. The number of esters is 1. The minimum Gasteiger partial charge on any atom is -0.465 e. The Hall–Kier alpha value is -2.69. The topological polar surface area (TPSA) is 59.1 Å². The van der Waals surface area contributed by atoms with Gasteiger partial charge in [-0.05, 0) is 86.9 Å². The van der Waals surface area contributed by atoms with Gasteiger partial charge in [-0.1, -0.05) is 11.6 Å². The maximum absolute atomic E-state index is 14.2. The van der Waals surface area contributed by atoms with E-state index in [4.69, 9.17) is 21.1 Å². The van der Waals surface area contributed by atoms with Crippen LogP contribution in [0.2, 0.25) is 5.02 Å². The first-order valence-corrected chi connectivity index (χ1v) is 14.7. The molecule has 6 nitrogen and oxygen atoms in total. The van der Waals surface area contributed by atoms with E-state index in [9.17, 15) is 27.2 Å². The molecule has 228 valence electrons. The number of aryl methyl sites for hydroxylation is 1. The average molecular weight is 611 g/mol. The molecule has 0 N–H and O–H groups in total. The number of halogens is 5. The molecular weight excluding hydrogens is 576 g/mol. The van der Waals surface area contributed by atoms with E-state index in [1.807, 2.05) is 0 Å². The average Bonchev–Trinajstić information content (AvgIpc) is 3.81. The number of hydrogen-bond donors (Lipinski definition) is 0. The van der Waals surface area contributed by atoms with E-state index in [1.54, 1.807) is 6.07 Å². The lowest BCUT2D eigenvalue weighted by Crippen LogP contribution is -2.59. The summed E-state index contributed by atoms with van der Waals surface area (Å²) in [4.78, 5) is 30.0. The van der Waals surface area contributed by atoms with Gasteiger partial charge in [0.1, 0.15) is 11.4 Å². The molecule has 5 rings (SSSR count). The molecule has 1 saturated carbocycles. The number of carbonyl (C=O) groups excluding carboxylic acids is 2. The third kappa shape index (κ3) is 6.45. The highest BCUT2D eigenvalue weighted by molar-refractivity contribution is 6.30. The van der Waals surface area contributed by atoms with Crippen LogP contribution in [-0.2, 0) is 26.9 Å². The summed E-state index contributed by atoms with van der Waals surface area (Å²) in [5.74, 6) is -1.24. The number of anilines is 1. The number of carbonyl (C=O) groups is 2. The van der Waals surface area contributed by atoms with Gasteiger partial charge in [0.15, 0.2) is 5.78 Å². The summed E-state index contributed by atoms with van der Waals surface area (Å²) in [7, 11) is 1.22. The van der Waals surface area contributed by atoms with Crippen LogP contribution >= 0.6 is 11.6 Å². The number of benzene rings is 2. The van der Waals surface area contributed by atoms with Crippen LogP contribution < -0.4 is 4.90 Å². The molecule has 0 amide bonds. The SMILES string of the molecule is COC(=O)c1cc(N2CCN([C@@H]3CC[C@@](C(=O)CCc4cc(Cl)cc(C(F)(F)F)c4)(C4CC4)OC3)C[C@@H]2C)ccc1F. The third-order valence-electron chi connectivity index (χ3n) is 8.88. The van der Waals surface area contributed by atoms with E-state index in [-0.39, 0.29) is 47.2 Å². The van der Waals surface area contributed by atoms with Crippen molar-refractivity contribution in [2.45, 2.75) is 69.3 Å². The predicted molar refractivity (Wildman–Crippen MR) is 150 cm³/mol. The highest BCUT2D eigenvalue weighted by Gasteiger charge is 2.53. The number of methoxy groups -OCH3 is 1. The standard InChI is InChI=1S/C31H35ClF4N2O4/c1-19-17-37(11-12-38(19)24-6-7-27(33)26(16-24)29(40)41-2)25-9-10-30(42-18-25,21-4-5-21)28(39)8-3-20-13-22(31(34,35)36)15-23(32)14-20/h6-7,13-16,19,21,25H,3-5,8-12,17-18H2,1-2H3/t19-,25+,30-/m0/s1. The summed E-state index contributed by atoms with van der Waals surface area (Å²) >= 11 is 5.93. The molecule has 3 fully saturated rings. The van der Waals surface area contributed by atoms with Gasteiger partial charge in [-0.3, -0.25) is 9.69 Å². The second kappa shape index (κ2) is 12.1. The van der Waals surface area contributed by atoms with Crippen molar-refractivity contribution < 1.29 is 36.6 Å². The first kappa shape index (κ1) is 30.8. The molecule has 2 saturated heterocycles. The Morgan fingerprint density at radius 1 is 1.12 bits per heavy atom. The maximum atomic E-state index is 14.2. The minimum atomic E-state index is -4.51. The van der Waals surface area contributed by atoms with E-state index in [0.29, 0.717) is 25.1 Å². The molecule has 1 aliphatic carbocycles. The van der Waals surface area contributed by atoms with Gasteiger partial charge >= 0.3 is 12.1 Å². The van der Waals surface area contributed by atoms with Gasteiger partial charge in [0, 0.05) is 48.8 Å². The zero-order valence-electron chi connectivity index (χ0n) is 23.7. The third-order valence-corrected chi connectivity index (χ3v) is 9.10. The van der Waals surface area contributed by atoms with Crippen LogP contribution in [0.3, 0.4) is 0 Å². The van der Waals surface area contributed by atoms with Gasteiger partial charge in [0.2, 0.25) is 0 Å². The number of nitrogens with zero attached hydrogens (tertiary/aromatic N) is 2. The fourth-order valence-electron chi connectivity index (χ4n) is 6.48. The maximum Gasteiger partial charge on any atom is 0.416 e. The monoisotopic (exact) mass is 610 g/mol. The Morgan fingerprint density at radius 3 is 2.50 bits per heavy atom. The van der Waals surface area contributed by atoms with Crippen LogP contribution in [0.25, 0.3) is 0 Å². The zero-order valence-corrected chi connectivity index (χ0v) is 24.4. The summed E-state index contributed by atoms with van der Waals surface area (Å²) in [6.45, 7) is 4.64. The summed E-state index contributed by atoms with van der Waals surface area (Å²) in [6.07, 6.45) is -1.05. The minimum absolute atomic E-state index is 0.00130. The van der Waals surface area contributed by atoms with Crippen molar-refractivity contribution in [3.8, 4) is 0 Å². The Bertz CT molecular complexity index is 1320. The van der Waals surface area contributed by atoms with Crippen LogP contribution in [0.15, 0.2) is 36.4 Å². The Balaban J connectivity index is 1.19. The summed E-state index contributed by atoms with van der Waals surface area (Å²) in [6, 6.07) is 8.13. The van der Waals surface area contributed by atoms with E-state index in [0.717, 1.165) is 50.2 Å².